The Bertz CT molecular complexity index is 275. The third-order valence-corrected chi connectivity index (χ3v) is 1.80. The number of benzene rings is 1. The molecule has 0 aliphatic heterocycles. The predicted molar refractivity (Wildman–Crippen MR) is 48.5 cm³/mol. The number of hydrogen-bond acceptors (Lipinski definition) is 1. The van der Waals surface area contributed by atoms with Crippen molar-refractivity contribution >= 4 is 15.9 Å². The molecular weight excluding hydrogens is 204 g/mol. The van der Waals surface area contributed by atoms with Gasteiger partial charge < -0.3 is 4.74 Å². The lowest BCUT2D eigenvalue weighted by Gasteiger charge is -2.02. The summed E-state index contributed by atoms with van der Waals surface area (Å²) in [7, 11) is 0. The molecule has 0 amide bonds. The van der Waals surface area contributed by atoms with Gasteiger partial charge in [-0.15, -0.1) is 6.42 Å². The minimum Gasteiger partial charge on any atom is -0.480 e. The molecule has 0 radical (unpaired) electrons. The van der Waals surface area contributed by atoms with E-state index in [2.05, 4.69) is 21.9 Å². The SMILES string of the molecule is C#CCOc1ccccc1Br. The van der Waals surface area contributed by atoms with Gasteiger partial charge >= 0.3 is 0 Å². The monoisotopic (exact) mass is 210 g/mol. The number of rotatable bonds is 2. The van der Waals surface area contributed by atoms with Crippen LogP contribution in [0.5, 0.6) is 5.75 Å². The van der Waals surface area contributed by atoms with Crippen LogP contribution < -0.4 is 4.74 Å². The first-order valence-electron chi connectivity index (χ1n) is 3.15. The molecule has 0 N–H and O–H groups in total. The Morgan fingerprint density at radius 2 is 2.18 bits per heavy atom. The van der Waals surface area contributed by atoms with Crippen LogP contribution in [0.3, 0.4) is 0 Å². The largest absolute Gasteiger partial charge is 0.480 e. The second-order valence-electron chi connectivity index (χ2n) is 1.92. The zero-order valence-electron chi connectivity index (χ0n) is 5.88. The van der Waals surface area contributed by atoms with Crippen LogP contribution in [0.25, 0.3) is 0 Å². The molecule has 0 aromatic heterocycles. The third kappa shape index (κ3) is 2.28. The summed E-state index contributed by atoms with van der Waals surface area (Å²) in [6, 6.07) is 7.59. The van der Waals surface area contributed by atoms with E-state index in [9.17, 15) is 0 Å². The fourth-order valence-corrected chi connectivity index (χ4v) is 1.08. The Morgan fingerprint density at radius 3 is 2.82 bits per heavy atom. The average molecular weight is 211 g/mol. The van der Waals surface area contributed by atoms with Gasteiger partial charge in [0.15, 0.2) is 0 Å². The average Bonchev–Trinajstić information content (AvgIpc) is 2.03. The standard InChI is InChI=1S/C9H7BrO/c1-2-7-11-9-6-4-3-5-8(9)10/h1,3-6H,7H2. The van der Waals surface area contributed by atoms with Gasteiger partial charge in [0.2, 0.25) is 0 Å². The van der Waals surface area contributed by atoms with Crippen molar-refractivity contribution < 1.29 is 4.74 Å². The minimum atomic E-state index is 0.308. The van der Waals surface area contributed by atoms with E-state index in [1.165, 1.54) is 0 Å². The maximum Gasteiger partial charge on any atom is 0.148 e. The summed E-state index contributed by atoms with van der Waals surface area (Å²) in [4.78, 5) is 0. The Hall–Kier alpha value is -0.940. The number of ether oxygens (including phenoxy) is 1. The van der Waals surface area contributed by atoms with Gasteiger partial charge in [-0.3, -0.25) is 0 Å². The highest BCUT2D eigenvalue weighted by atomic mass is 79.9. The van der Waals surface area contributed by atoms with Gasteiger partial charge in [-0.05, 0) is 28.1 Å². The summed E-state index contributed by atoms with van der Waals surface area (Å²) in [5.74, 6) is 3.18. The maximum absolute atomic E-state index is 5.20. The van der Waals surface area contributed by atoms with Crippen LogP contribution in [0.15, 0.2) is 28.7 Å². The van der Waals surface area contributed by atoms with Crippen LogP contribution in [-0.2, 0) is 0 Å². The molecule has 1 rings (SSSR count). The molecule has 0 unspecified atom stereocenters. The highest BCUT2D eigenvalue weighted by Crippen LogP contribution is 2.23. The van der Waals surface area contributed by atoms with Gasteiger partial charge in [-0.25, -0.2) is 0 Å². The molecule has 0 saturated heterocycles. The topological polar surface area (TPSA) is 9.23 Å². The van der Waals surface area contributed by atoms with Crippen molar-refractivity contribution in [1.29, 1.82) is 0 Å². The van der Waals surface area contributed by atoms with Crippen LogP contribution in [0.1, 0.15) is 0 Å². The van der Waals surface area contributed by atoms with Gasteiger partial charge in [0, 0.05) is 0 Å². The van der Waals surface area contributed by atoms with Crippen LogP contribution in [0.2, 0.25) is 0 Å². The second-order valence-corrected chi connectivity index (χ2v) is 2.78. The molecule has 0 aliphatic rings. The minimum absolute atomic E-state index is 0.308. The molecule has 0 saturated carbocycles. The number of halogens is 1. The zero-order valence-corrected chi connectivity index (χ0v) is 7.47. The third-order valence-electron chi connectivity index (χ3n) is 1.15. The summed E-state index contributed by atoms with van der Waals surface area (Å²) in [5, 5.41) is 0. The van der Waals surface area contributed by atoms with Crippen molar-refractivity contribution in [1.82, 2.24) is 0 Å². The fraction of sp³-hybridized carbons (Fsp3) is 0.111. The molecule has 0 bridgehead atoms. The van der Waals surface area contributed by atoms with Crippen molar-refractivity contribution in [3.05, 3.63) is 28.7 Å². The lowest BCUT2D eigenvalue weighted by molar-refractivity contribution is 0.368. The molecular formula is C9H7BrO. The first-order valence-corrected chi connectivity index (χ1v) is 3.94. The zero-order chi connectivity index (χ0) is 8.10. The molecule has 1 aromatic carbocycles. The molecule has 0 atom stereocenters. The molecule has 1 aromatic rings. The van der Waals surface area contributed by atoms with E-state index in [0.29, 0.717) is 6.61 Å². The van der Waals surface area contributed by atoms with Crippen molar-refractivity contribution in [2.24, 2.45) is 0 Å². The van der Waals surface area contributed by atoms with Crippen LogP contribution >= 0.6 is 15.9 Å². The number of terminal acetylenes is 1. The van der Waals surface area contributed by atoms with Crippen molar-refractivity contribution in [2.45, 2.75) is 0 Å². The molecule has 0 heterocycles. The first kappa shape index (κ1) is 8.16. The Balaban J connectivity index is 2.71. The summed E-state index contributed by atoms with van der Waals surface area (Å²) in [5.41, 5.74) is 0. The van der Waals surface area contributed by atoms with E-state index >= 15 is 0 Å². The Kier molecular flexibility index (Phi) is 3.00. The van der Waals surface area contributed by atoms with Crippen molar-refractivity contribution in [3.8, 4) is 18.1 Å². The predicted octanol–water partition coefficient (Wildman–Crippen LogP) is 2.46. The van der Waals surface area contributed by atoms with E-state index in [0.717, 1.165) is 10.2 Å². The summed E-state index contributed by atoms with van der Waals surface area (Å²) in [6.07, 6.45) is 5.04. The normalized spacial score (nSPS) is 8.73. The summed E-state index contributed by atoms with van der Waals surface area (Å²) < 4.78 is 6.13. The Labute approximate surface area is 74.5 Å². The van der Waals surface area contributed by atoms with E-state index in [1.54, 1.807) is 0 Å². The van der Waals surface area contributed by atoms with Gasteiger partial charge in [-0.1, -0.05) is 18.1 Å². The summed E-state index contributed by atoms with van der Waals surface area (Å²) in [6.45, 7) is 0.308. The van der Waals surface area contributed by atoms with E-state index in [1.807, 2.05) is 24.3 Å². The molecule has 2 heteroatoms. The van der Waals surface area contributed by atoms with E-state index in [4.69, 9.17) is 11.2 Å². The van der Waals surface area contributed by atoms with Crippen molar-refractivity contribution in [2.75, 3.05) is 6.61 Å². The molecule has 11 heavy (non-hydrogen) atoms. The number of hydrogen-bond donors (Lipinski definition) is 0. The van der Waals surface area contributed by atoms with Crippen LogP contribution in [-0.4, -0.2) is 6.61 Å². The highest BCUT2D eigenvalue weighted by Gasteiger charge is 1.95. The van der Waals surface area contributed by atoms with Gasteiger partial charge in [0.1, 0.15) is 12.4 Å². The van der Waals surface area contributed by atoms with E-state index in [-0.39, 0.29) is 0 Å². The molecule has 56 valence electrons. The van der Waals surface area contributed by atoms with Crippen molar-refractivity contribution in [3.63, 3.8) is 0 Å². The van der Waals surface area contributed by atoms with Crippen LogP contribution in [0, 0.1) is 12.3 Å². The summed E-state index contributed by atoms with van der Waals surface area (Å²) >= 11 is 3.33. The smallest absolute Gasteiger partial charge is 0.148 e. The lowest BCUT2D eigenvalue weighted by atomic mass is 10.3. The molecule has 0 fully saturated rings. The fourth-order valence-electron chi connectivity index (χ4n) is 0.681. The number of para-hydroxylation sites is 1. The maximum atomic E-state index is 5.20. The highest BCUT2D eigenvalue weighted by molar-refractivity contribution is 9.10. The second kappa shape index (κ2) is 4.05. The van der Waals surface area contributed by atoms with Gasteiger partial charge in [0.05, 0.1) is 4.47 Å². The van der Waals surface area contributed by atoms with Gasteiger partial charge in [0.25, 0.3) is 0 Å². The van der Waals surface area contributed by atoms with E-state index < -0.39 is 0 Å². The Morgan fingerprint density at radius 1 is 1.45 bits per heavy atom. The first-order chi connectivity index (χ1) is 5.34. The molecule has 0 aliphatic carbocycles. The lowest BCUT2D eigenvalue weighted by Crippen LogP contribution is -1.93. The quantitative estimate of drug-likeness (QED) is 0.682. The molecule has 0 spiro atoms. The van der Waals surface area contributed by atoms with Gasteiger partial charge in [-0.2, -0.15) is 0 Å². The van der Waals surface area contributed by atoms with Crippen LogP contribution in [0.4, 0.5) is 0 Å². The molecule has 1 nitrogen and oxygen atoms in total.